The van der Waals surface area contributed by atoms with Gasteiger partial charge in [-0.3, -0.25) is 9.13 Å². The van der Waals surface area contributed by atoms with Crippen molar-refractivity contribution in [2.24, 2.45) is 7.05 Å². The van der Waals surface area contributed by atoms with E-state index in [1.165, 1.54) is 21.1 Å². The van der Waals surface area contributed by atoms with Crippen LogP contribution in [0.1, 0.15) is 13.8 Å². The number of ether oxygens (including phenoxy) is 2. The normalized spacial score (nSPS) is 15.9. The molecule has 33 heavy (non-hydrogen) atoms. The average Bonchev–Trinajstić information content (AvgIpc) is 3.02. The molecule has 10 nitrogen and oxygen atoms in total. The fourth-order valence-corrected chi connectivity index (χ4v) is 3.21. The Bertz CT molecular complexity index is 1230. The number of anilines is 1. The molecule has 0 saturated carbocycles. The van der Waals surface area contributed by atoms with Gasteiger partial charge in [-0.15, -0.1) is 11.8 Å². The van der Waals surface area contributed by atoms with E-state index in [1.54, 1.807) is 13.8 Å². The molecule has 1 atom stereocenters. The van der Waals surface area contributed by atoms with Gasteiger partial charge >= 0.3 is 23.8 Å². The second kappa shape index (κ2) is 9.83. The molecule has 0 spiro atoms. The molecule has 2 aromatic heterocycles. The maximum atomic E-state index is 12.9. The summed E-state index contributed by atoms with van der Waals surface area (Å²) < 4.78 is 51.3. The number of alkyl halides is 3. The molecular weight excluding hydrogens is 445 g/mol. The highest BCUT2D eigenvalue weighted by atomic mass is 19.4. The van der Waals surface area contributed by atoms with Crippen LogP contribution >= 0.6 is 0 Å². The van der Waals surface area contributed by atoms with Crippen LogP contribution in [-0.2, 0) is 23.1 Å². The van der Waals surface area contributed by atoms with Gasteiger partial charge in [-0.1, -0.05) is 11.8 Å². The average molecular weight is 466 g/mol. The Kier molecular flexibility index (Phi) is 7.13. The van der Waals surface area contributed by atoms with Gasteiger partial charge in [0.1, 0.15) is 5.52 Å². The van der Waals surface area contributed by atoms with E-state index >= 15 is 0 Å². The lowest BCUT2D eigenvalue weighted by Gasteiger charge is -2.36. The van der Waals surface area contributed by atoms with Crippen LogP contribution in [0.4, 0.5) is 19.0 Å². The van der Waals surface area contributed by atoms with E-state index in [1.807, 2.05) is 0 Å². The molecule has 0 bridgehead atoms. The van der Waals surface area contributed by atoms with Crippen molar-refractivity contribution in [2.75, 3.05) is 31.1 Å². The molecule has 13 heteroatoms. The van der Waals surface area contributed by atoms with E-state index < -0.39 is 24.1 Å². The highest BCUT2D eigenvalue weighted by molar-refractivity contribution is 5.85. The van der Waals surface area contributed by atoms with Gasteiger partial charge in [0, 0.05) is 20.1 Å². The van der Waals surface area contributed by atoms with Crippen LogP contribution in [0.5, 0.6) is 6.01 Å². The fraction of sp³-hybridized carbons (Fsp3) is 0.500. The summed E-state index contributed by atoms with van der Waals surface area (Å²) in [4.78, 5) is 34.4. The van der Waals surface area contributed by atoms with E-state index in [2.05, 4.69) is 39.0 Å². The molecule has 1 fully saturated rings. The first-order chi connectivity index (χ1) is 15.7. The molecule has 1 saturated heterocycles. The van der Waals surface area contributed by atoms with Crippen LogP contribution in [0.15, 0.2) is 4.79 Å². The van der Waals surface area contributed by atoms with Crippen molar-refractivity contribution < 1.29 is 27.4 Å². The van der Waals surface area contributed by atoms with Crippen LogP contribution in [0.25, 0.3) is 11.2 Å². The van der Waals surface area contributed by atoms with Gasteiger partial charge in [-0.05, 0) is 13.8 Å². The molecule has 0 radical (unpaired) electrons. The standard InChI is InChI=1S/C20H21F3N6O4/c1-4-6-9-29-14-15(27(3)19(29)31)25-18(32-11-7-5-2)26-16(14)28-10-8-24-12-13(28)33-17(30)20(21,22)23/h13,24H,8-12H2,1-3H3. The minimum absolute atomic E-state index is 0.00361. The van der Waals surface area contributed by atoms with Crippen molar-refractivity contribution in [3.63, 3.8) is 0 Å². The number of aryl methyl sites for hydroxylation is 1. The number of nitrogens with one attached hydrogen (secondary N) is 1. The molecule has 0 aliphatic carbocycles. The highest BCUT2D eigenvalue weighted by Crippen LogP contribution is 2.29. The number of rotatable bonds is 5. The van der Waals surface area contributed by atoms with Gasteiger partial charge in [-0.25, -0.2) is 9.59 Å². The summed E-state index contributed by atoms with van der Waals surface area (Å²) in [6, 6.07) is -0.131. The van der Waals surface area contributed by atoms with Crippen molar-refractivity contribution in [1.29, 1.82) is 0 Å². The third-order valence-corrected chi connectivity index (χ3v) is 4.74. The first kappa shape index (κ1) is 23.9. The second-order valence-electron chi connectivity index (χ2n) is 6.83. The summed E-state index contributed by atoms with van der Waals surface area (Å²) in [5.41, 5.74) is -0.0382. The molecule has 3 heterocycles. The summed E-state index contributed by atoms with van der Waals surface area (Å²) in [6.07, 6.45) is -6.50. The predicted octanol–water partition coefficient (Wildman–Crippen LogP) is 0.397. The van der Waals surface area contributed by atoms with Gasteiger partial charge in [0.05, 0.1) is 13.1 Å². The molecule has 1 aliphatic heterocycles. The monoisotopic (exact) mass is 466 g/mol. The van der Waals surface area contributed by atoms with E-state index in [4.69, 9.17) is 9.47 Å². The smallest absolute Gasteiger partial charge is 0.450 e. The molecule has 0 aromatic carbocycles. The number of hydrogen-bond donors (Lipinski definition) is 1. The van der Waals surface area contributed by atoms with Crippen LogP contribution in [0.2, 0.25) is 0 Å². The van der Waals surface area contributed by atoms with Crippen LogP contribution in [0.3, 0.4) is 0 Å². The third-order valence-electron chi connectivity index (χ3n) is 4.74. The van der Waals surface area contributed by atoms with E-state index in [9.17, 15) is 22.8 Å². The van der Waals surface area contributed by atoms with Crippen molar-refractivity contribution in [1.82, 2.24) is 24.4 Å². The maximum absolute atomic E-state index is 12.9. The quantitative estimate of drug-likeness (QED) is 0.499. The third kappa shape index (κ3) is 5.04. The molecule has 3 rings (SSSR count). The fourth-order valence-electron chi connectivity index (χ4n) is 3.21. The molecule has 1 N–H and O–H groups in total. The number of carbonyl (C=O) groups excluding carboxylic acids is 1. The maximum Gasteiger partial charge on any atom is 0.491 e. The minimum Gasteiger partial charge on any atom is -0.450 e. The summed E-state index contributed by atoms with van der Waals surface area (Å²) in [5, 5.41) is 2.89. The molecule has 0 amide bonds. The highest BCUT2D eigenvalue weighted by Gasteiger charge is 2.44. The zero-order valence-electron chi connectivity index (χ0n) is 18.1. The minimum atomic E-state index is -5.16. The summed E-state index contributed by atoms with van der Waals surface area (Å²) >= 11 is 0. The Morgan fingerprint density at radius 3 is 2.64 bits per heavy atom. The molecular formula is C20H21F3N6O4. The van der Waals surface area contributed by atoms with E-state index in [0.717, 1.165) is 0 Å². The lowest BCUT2D eigenvalue weighted by molar-refractivity contribution is -0.205. The number of imidazole rings is 1. The Morgan fingerprint density at radius 2 is 1.97 bits per heavy atom. The molecule has 176 valence electrons. The number of carbonyl (C=O) groups is 1. The number of esters is 1. The number of hydrogen-bond acceptors (Lipinski definition) is 8. The SMILES string of the molecule is CC#CCOc1nc(N2CCNCC2OC(=O)C(F)(F)F)c2c(n1)n(C)c(=O)n2CC#CC. The summed E-state index contributed by atoms with van der Waals surface area (Å²) in [6.45, 7) is 3.62. The van der Waals surface area contributed by atoms with E-state index in [-0.39, 0.29) is 49.2 Å². The van der Waals surface area contributed by atoms with Gasteiger partial charge in [0.2, 0.25) is 0 Å². The molecule has 2 aromatic rings. The lowest BCUT2D eigenvalue weighted by Crippen LogP contribution is -2.54. The number of halogens is 3. The van der Waals surface area contributed by atoms with Crippen molar-refractivity contribution in [2.45, 2.75) is 32.8 Å². The second-order valence-corrected chi connectivity index (χ2v) is 6.83. The number of fused-ring (bicyclic) bond motifs is 1. The van der Waals surface area contributed by atoms with Crippen LogP contribution in [-0.4, -0.2) is 63.7 Å². The van der Waals surface area contributed by atoms with Crippen LogP contribution < -0.4 is 20.6 Å². The predicted molar refractivity (Wildman–Crippen MR) is 111 cm³/mol. The van der Waals surface area contributed by atoms with Crippen molar-refractivity contribution in [3.05, 3.63) is 10.5 Å². The van der Waals surface area contributed by atoms with E-state index in [0.29, 0.717) is 6.54 Å². The first-order valence-electron chi connectivity index (χ1n) is 9.83. The Hall–Kier alpha value is -3.71. The topological polar surface area (TPSA) is 104 Å². The van der Waals surface area contributed by atoms with Crippen molar-refractivity contribution in [3.8, 4) is 29.7 Å². The Balaban J connectivity index is 2.18. The lowest BCUT2D eigenvalue weighted by atomic mass is 10.3. The van der Waals surface area contributed by atoms with Gasteiger partial charge < -0.3 is 19.7 Å². The van der Waals surface area contributed by atoms with Crippen LogP contribution in [0, 0.1) is 23.7 Å². The van der Waals surface area contributed by atoms with Gasteiger partial charge in [-0.2, -0.15) is 23.1 Å². The largest absolute Gasteiger partial charge is 0.491 e. The van der Waals surface area contributed by atoms with Crippen molar-refractivity contribution >= 4 is 23.0 Å². The number of nitrogens with zero attached hydrogens (tertiary/aromatic N) is 5. The van der Waals surface area contributed by atoms with Gasteiger partial charge in [0.25, 0.3) is 0 Å². The number of piperazine rings is 1. The molecule has 1 aliphatic rings. The molecule has 1 unspecified atom stereocenters. The number of aromatic nitrogens is 4. The van der Waals surface area contributed by atoms with Gasteiger partial charge in [0.15, 0.2) is 24.3 Å². The Labute approximate surface area is 186 Å². The first-order valence-corrected chi connectivity index (χ1v) is 9.83. The summed E-state index contributed by atoms with van der Waals surface area (Å²) in [7, 11) is 1.49. The Morgan fingerprint density at radius 1 is 1.24 bits per heavy atom. The zero-order chi connectivity index (χ0) is 24.2. The summed E-state index contributed by atoms with van der Waals surface area (Å²) in [5.74, 6) is 8.58. The zero-order valence-corrected chi connectivity index (χ0v) is 18.1.